The minimum atomic E-state index is -5.56. The third-order valence-electron chi connectivity index (χ3n) is 17.9. The van der Waals surface area contributed by atoms with E-state index in [9.17, 15) is 39.5 Å². The molecule has 6 fully saturated rings. The summed E-state index contributed by atoms with van der Waals surface area (Å²) in [5.74, 6) is -5.40. The van der Waals surface area contributed by atoms with Crippen LogP contribution in [0.3, 0.4) is 0 Å². The molecule has 0 radical (unpaired) electrons. The van der Waals surface area contributed by atoms with E-state index in [4.69, 9.17) is 94.3 Å². The third-order valence-corrected chi connectivity index (χ3v) is 19.0. The number of phenolic OH excluding ortho intramolecular Hbond substituents is 1. The summed E-state index contributed by atoms with van der Waals surface area (Å²) in [6, 6.07) is 13.1. The zero-order valence-electron chi connectivity index (χ0n) is 48.4. The molecule has 0 saturated carbocycles. The first-order valence-electron chi connectivity index (χ1n) is 28.2. The molecule has 468 valence electrons. The topological polar surface area (TPSA) is 340 Å². The first-order chi connectivity index (χ1) is 41.9. The third kappa shape index (κ3) is 10.5. The van der Waals surface area contributed by atoms with Crippen molar-refractivity contribution in [2.75, 3.05) is 68.5 Å². The van der Waals surface area contributed by atoms with Crippen molar-refractivity contribution in [1.29, 1.82) is 0 Å². The number of hydrogen-bond donors (Lipinski definition) is 4. The quantitative estimate of drug-likeness (QED) is 0.0745. The van der Waals surface area contributed by atoms with Gasteiger partial charge in [-0.15, -0.1) is 0 Å². The van der Waals surface area contributed by atoms with Gasteiger partial charge in [0.2, 0.25) is 19.3 Å². The molecule has 14 rings (SSSR count). The van der Waals surface area contributed by atoms with Crippen LogP contribution >= 0.6 is 7.82 Å². The number of phenols is 1. The van der Waals surface area contributed by atoms with E-state index in [0.29, 0.717) is 56.4 Å². The fraction of sp³-hybridized carbons (Fsp3) is 0.552. The van der Waals surface area contributed by atoms with Gasteiger partial charge in [-0.25, -0.2) is 4.57 Å². The van der Waals surface area contributed by atoms with E-state index in [-0.39, 0.29) is 98.3 Å². The molecule has 21 atom stereocenters. The molecule has 28 nitrogen and oxygen atoms in total. The van der Waals surface area contributed by atoms with Crippen LogP contribution in [0.15, 0.2) is 48.5 Å². The minimum Gasteiger partial charge on any atom is -0.867 e. The summed E-state index contributed by atoms with van der Waals surface area (Å²) in [6.45, 7) is 2.29. The second-order valence-corrected chi connectivity index (χ2v) is 23.9. The van der Waals surface area contributed by atoms with Gasteiger partial charge < -0.3 is 111 Å². The largest absolute Gasteiger partial charge is 1.00 e. The number of ether oxygens (including phenoxy) is 18. The van der Waals surface area contributed by atoms with Crippen molar-refractivity contribution in [1.82, 2.24) is 0 Å². The maximum absolute atomic E-state index is 15.0. The average Bonchev–Trinajstić information content (AvgIpc) is 2.12. The molecule has 4 aromatic rings. The number of methoxy groups -OCH3 is 4. The predicted octanol–water partition coefficient (Wildman–Crippen LogP) is 0.212. The Labute approximate surface area is 523 Å². The van der Waals surface area contributed by atoms with Crippen LogP contribution in [0.1, 0.15) is 71.3 Å². The zero-order chi connectivity index (χ0) is 60.5. The summed E-state index contributed by atoms with van der Waals surface area (Å²) in [6.07, 6.45) is -19.8. The van der Waals surface area contributed by atoms with Crippen LogP contribution in [0.2, 0.25) is 0 Å². The van der Waals surface area contributed by atoms with Gasteiger partial charge in [0.05, 0.1) is 78.9 Å². The number of aromatic hydroxyl groups is 1. The second kappa shape index (κ2) is 24.0. The second-order valence-electron chi connectivity index (χ2n) is 22.6. The van der Waals surface area contributed by atoms with Gasteiger partial charge in [-0.3, -0.25) is 18.6 Å². The van der Waals surface area contributed by atoms with Crippen molar-refractivity contribution in [3.8, 4) is 57.5 Å². The monoisotopic (exact) mass is 1260 g/mol. The summed E-state index contributed by atoms with van der Waals surface area (Å²) in [4.78, 5) is 40.2. The van der Waals surface area contributed by atoms with Crippen LogP contribution in [-0.2, 0) is 70.6 Å². The number of rotatable bonds is 14. The summed E-state index contributed by atoms with van der Waals surface area (Å²) in [5.41, 5.74) is 3.00. The Kier molecular flexibility index (Phi) is 16.7. The number of phosphoric ester groups is 1. The zero-order valence-corrected chi connectivity index (χ0v) is 51.3. The Bertz CT molecular complexity index is 3140. The Morgan fingerprint density at radius 2 is 0.909 bits per heavy atom. The number of cyclic esters (lactones) is 2. The Balaban J connectivity index is 0.00000714. The summed E-state index contributed by atoms with van der Waals surface area (Å²) >= 11 is 0. The molecule has 0 aromatic heterocycles. The number of aliphatic hydroxyl groups excluding tert-OH is 2. The molecule has 0 bridgehead atoms. The van der Waals surface area contributed by atoms with E-state index in [0.717, 1.165) is 0 Å². The van der Waals surface area contributed by atoms with Crippen LogP contribution in [0, 0.1) is 23.7 Å². The first kappa shape index (κ1) is 61.4. The van der Waals surface area contributed by atoms with E-state index in [1.54, 1.807) is 50.2 Å². The predicted molar refractivity (Wildman–Crippen MR) is 282 cm³/mol. The van der Waals surface area contributed by atoms with Crippen molar-refractivity contribution in [2.45, 2.75) is 112 Å². The Hall–Kier alpha value is -5.47. The number of esters is 2. The van der Waals surface area contributed by atoms with Crippen molar-refractivity contribution >= 4 is 19.8 Å². The molecule has 4 aromatic carbocycles. The van der Waals surface area contributed by atoms with Crippen LogP contribution in [-0.4, -0.2) is 175 Å². The summed E-state index contributed by atoms with van der Waals surface area (Å²) in [7, 11) is -0.115. The fourth-order valence-corrected chi connectivity index (χ4v) is 15.2. The van der Waals surface area contributed by atoms with Gasteiger partial charge in [0.25, 0.3) is 0 Å². The molecule has 88 heavy (non-hydrogen) atoms. The standard InChI is InChI=1S/C58H63O28P.Na/c1-21-71-17-39-51(79-21)53(47(61)57(81-39)83-49-27-13-33-31(75-19-77-33)11-25(27)41(43-29(49)15-73-55(43)63)23-7-35(67-3)45(59)36(8-23)68-4)85-87(65,66)86-54-48(62)58(82-40-18-72-22(2)80-52(40)54)84-50-28-14-34-32(76-20-78-34)12-26(28)42(44-30(50)16-74-56(44)64)24-9-37(69-5)46(60)38(10-24)70-6;/h7-14,21-22,29-30,39-44,47-54,57-62H,15-20H2,1-6H3,(H,65,66);/q;+1/p-1/t21-,22-,29-,30+,39-,40+,41-,42-,43-,44-,47+,48?,49-,50-,51+,52-,53-,54-,57-,58+;/m1./s1. The maximum atomic E-state index is 15.0. The molecular weight excluding hydrogens is 1200 g/mol. The van der Waals surface area contributed by atoms with Crippen molar-refractivity contribution in [3.05, 3.63) is 81.9 Å². The van der Waals surface area contributed by atoms with Gasteiger partial charge in [-0.2, -0.15) is 0 Å². The smallest absolute Gasteiger partial charge is 0.867 e. The van der Waals surface area contributed by atoms with Gasteiger partial charge >= 0.3 is 49.3 Å². The first-order valence-corrected chi connectivity index (χ1v) is 29.7. The molecule has 8 heterocycles. The normalized spacial score (nSPS) is 36.1. The minimum absolute atomic E-state index is 0. The number of carbonyl (C=O) groups excluding carboxylic acids is 2. The SMILES string of the molecule is COc1cc([C@@H]2c3cc4c(cc3[C@@H](O[C@H]3O[C@@H]5CO[C@@H](C)O[C@@H]5[C@H](OP(=O)(O)O[C@@H]5C(O)[C@H](O[C@@H]6c7cc8c(cc7[C@@H](c7cc(OC)c(O)c(OC)c7)[C@@H]7C(=O)OC[C@@H]76)OCO8)O[C@H]6CO[C@@H](C)O[C@H]65)[C@@H]3O)[C@@H]3COC(=O)[C@@H]23)OCO4)cc(OC)c1[O-].[Na+]. The van der Waals surface area contributed by atoms with Crippen LogP contribution in [0.5, 0.6) is 57.5 Å². The fourth-order valence-electron chi connectivity index (χ4n) is 14.0. The van der Waals surface area contributed by atoms with Crippen LogP contribution < -0.4 is 72.6 Å². The number of benzene rings is 4. The van der Waals surface area contributed by atoms with E-state index in [2.05, 4.69) is 0 Å². The van der Waals surface area contributed by atoms with Gasteiger partial charge in [-0.1, -0.05) is 0 Å². The van der Waals surface area contributed by atoms with E-state index >= 15 is 0 Å². The van der Waals surface area contributed by atoms with Gasteiger partial charge in [0, 0.05) is 23.7 Å². The number of aliphatic hydroxyl groups is 2. The number of phosphoric acid groups is 1. The van der Waals surface area contributed by atoms with E-state index in [1.807, 2.05) is 0 Å². The van der Waals surface area contributed by atoms with Crippen molar-refractivity contribution in [3.63, 3.8) is 0 Å². The summed E-state index contributed by atoms with van der Waals surface area (Å²) in [5, 5.41) is 49.1. The molecule has 2 aliphatic carbocycles. The van der Waals surface area contributed by atoms with Gasteiger partial charge in [0.15, 0.2) is 59.7 Å². The molecule has 0 spiro atoms. The van der Waals surface area contributed by atoms with Gasteiger partial charge in [0.1, 0.15) is 60.3 Å². The molecule has 30 heteroatoms. The molecule has 4 N–H and O–H groups in total. The Morgan fingerprint density at radius 3 is 1.30 bits per heavy atom. The average molecular weight is 1260 g/mol. The maximum Gasteiger partial charge on any atom is 1.00 e. The summed E-state index contributed by atoms with van der Waals surface area (Å²) < 4.78 is 134. The Morgan fingerprint density at radius 1 is 0.534 bits per heavy atom. The van der Waals surface area contributed by atoms with Crippen molar-refractivity contribution < 1.29 is 163 Å². The number of carbonyl (C=O) groups is 2. The molecular formula is C58H62NaO28P. The van der Waals surface area contributed by atoms with Crippen LogP contribution in [0.4, 0.5) is 0 Å². The molecule has 0 amide bonds. The number of fused-ring (bicyclic) bond motifs is 8. The van der Waals surface area contributed by atoms with Crippen LogP contribution in [0.25, 0.3) is 0 Å². The van der Waals surface area contributed by atoms with Gasteiger partial charge in [-0.05, 0) is 102 Å². The molecule has 2 unspecified atom stereocenters. The molecule has 10 aliphatic rings. The van der Waals surface area contributed by atoms with Crippen molar-refractivity contribution in [2.24, 2.45) is 23.7 Å². The molecule has 6 saturated heterocycles. The molecule has 8 aliphatic heterocycles. The van der Waals surface area contributed by atoms with E-state index < -0.39 is 147 Å². The van der Waals surface area contributed by atoms with E-state index in [1.165, 1.54) is 40.6 Å². The number of hydrogen-bond acceptors (Lipinski definition) is 27.